The van der Waals surface area contributed by atoms with Crippen molar-refractivity contribution in [2.45, 2.75) is 50.6 Å². The largest absolute Gasteiger partial charge is 0.393 e. The molecule has 1 fully saturated rings. The van der Waals surface area contributed by atoms with Crippen molar-refractivity contribution in [1.82, 2.24) is 9.55 Å². The van der Waals surface area contributed by atoms with Gasteiger partial charge in [0.1, 0.15) is 12.0 Å². The summed E-state index contributed by atoms with van der Waals surface area (Å²) in [6.07, 6.45) is 1.35. The van der Waals surface area contributed by atoms with Crippen LogP contribution >= 0.6 is 0 Å². The molecular formula is C13H20FN3O3. The van der Waals surface area contributed by atoms with E-state index in [0.29, 0.717) is 6.42 Å². The van der Waals surface area contributed by atoms with Gasteiger partial charge < -0.3 is 15.6 Å². The van der Waals surface area contributed by atoms with Crippen LogP contribution in [0.25, 0.3) is 0 Å². The van der Waals surface area contributed by atoms with Crippen molar-refractivity contribution in [2.75, 3.05) is 12.3 Å². The quantitative estimate of drug-likeness (QED) is 0.842. The van der Waals surface area contributed by atoms with Crippen LogP contribution in [-0.2, 0) is 4.74 Å². The molecule has 3 N–H and O–H groups in total. The highest BCUT2D eigenvalue weighted by molar-refractivity contribution is 5.23. The van der Waals surface area contributed by atoms with Gasteiger partial charge in [0.05, 0.1) is 12.2 Å². The highest BCUT2D eigenvalue weighted by Gasteiger charge is 2.47. The van der Waals surface area contributed by atoms with Crippen LogP contribution in [0.1, 0.15) is 38.8 Å². The van der Waals surface area contributed by atoms with Gasteiger partial charge in [0.25, 0.3) is 0 Å². The molecule has 2 rings (SSSR count). The van der Waals surface area contributed by atoms with Crippen molar-refractivity contribution >= 4 is 5.82 Å². The first kappa shape index (κ1) is 14.9. The average molecular weight is 285 g/mol. The predicted octanol–water partition coefficient (Wildman–Crippen LogP) is 1.00. The molecule has 1 aliphatic heterocycles. The topological polar surface area (TPSA) is 90.4 Å². The zero-order chi connectivity index (χ0) is 14.8. The summed E-state index contributed by atoms with van der Waals surface area (Å²) in [6.45, 7) is 1.75. The molecule has 112 valence electrons. The summed E-state index contributed by atoms with van der Waals surface area (Å²) in [4.78, 5) is 15.3. The number of unbranched alkanes of at least 4 members (excludes halogenated alkanes) is 1. The molecular weight excluding hydrogens is 265 g/mol. The molecule has 0 saturated carbocycles. The molecule has 3 unspecified atom stereocenters. The summed E-state index contributed by atoms with van der Waals surface area (Å²) < 4.78 is 21.0. The lowest BCUT2D eigenvalue weighted by Gasteiger charge is -2.26. The fourth-order valence-corrected chi connectivity index (χ4v) is 2.53. The Morgan fingerprint density at radius 2 is 2.45 bits per heavy atom. The highest BCUT2D eigenvalue weighted by atomic mass is 19.1. The normalized spacial score (nSPS) is 29.8. The van der Waals surface area contributed by atoms with Crippen LogP contribution in [0, 0.1) is 0 Å². The highest BCUT2D eigenvalue weighted by Crippen LogP contribution is 2.40. The van der Waals surface area contributed by atoms with Gasteiger partial charge in [-0.25, -0.2) is 9.18 Å². The van der Waals surface area contributed by atoms with Gasteiger partial charge in [-0.2, -0.15) is 4.98 Å². The first-order valence-corrected chi connectivity index (χ1v) is 6.79. The maximum atomic E-state index is 14.2. The first-order chi connectivity index (χ1) is 9.51. The van der Waals surface area contributed by atoms with Crippen LogP contribution < -0.4 is 11.4 Å². The fourth-order valence-electron chi connectivity index (χ4n) is 2.53. The van der Waals surface area contributed by atoms with Gasteiger partial charge in [-0.15, -0.1) is 0 Å². The van der Waals surface area contributed by atoms with Crippen LogP contribution in [-0.4, -0.2) is 33.0 Å². The van der Waals surface area contributed by atoms with E-state index >= 15 is 0 Å². The Morgan fingerprint density at radius 1 is 1.70 bits per heavy atom. The zero-order valence-corrected chi connectivity index (χ0v) is 11.5. The van der Waals surface area contributed by atoms with E-state index in [0.717, 1.165) is 17.4 Å². The molecule has 0 radical (unpaired) electrons. The lowest BCUT2D eigenvalue weighted by Crippen LogP contribution is -2.35. The zero-order valence-electron chi connectivity index (χ0n) is 11.5. The fraction of sp³-hybridized carbons (Fsp3) is 0.692. The molecule has 3 atom stereocenters. The molecule has 7 heteroatoms. The number of anilines is 1. The Labute approximate surface area is 116 Å². The number of aliphatic hydroxyl groups excluding tert-OH is 1. The molecule has 0 spiro atoms. The maximum absolute atomic E-state index is 14.2. The van der Waals surface area contributed by atoms with Crippen molar-refractivity contribution in [2.24, 2.45) is 0 Å². The second-order valence-electron chi connectivity index (χ2n) is 5.22. The first-order valence-electron chi connectivity index (χ1n) is 6.79. The van der Waals surface area contributed by atoms with Crippen molar-refractivity contribution < 1.29 is 14.2 Å². The molecule has 0 bridgehead atoms. The summed E-state index contributed by atoms with van der Waals surface area (Å²) in [6, 6.07) is 1.42. The van der Waals surface area contributed by atoms with Gasteiger partial charge >= 0.3 is 5.69 Å². The monoisotopic (exact) mass is 285 g/mol. The number of hydrogen-bond donors (Lipinski definition) is 2. The van der Waals surface area contributed by atoms with Crippen LogP contribution in [0.3, 0.4) is 0 Å². The van der Waals surface area contributed by atoms with Crippen LogP contribution in [0.5, 0.6) is 0 Å². The van der Waals surface area contributed by atoms with Crippen LogP contribution in [0.4, 0.5) is 10.2 Å². The molecule has 1 saturated heterocycles. The summed E-state index contributed by atoms with van der Waals surface area (Å²) in [5.74, 6) is 0.0825. The van der Waals surface area contributed by atoms with Gasteiger partial charge in [0, 0.05) is 12.6 Å². The number of halogens is 1. The van der Waals surface area contributed by atoms with Crippen molar-refractivity contribution in [3.8, 4) is 0 Å². The minimum atomic E-state index is -1.36. The van der Waals surface area contributed by atoms with E-state index in [-0.39, 0.29) is 18.8 Å². The number of hydrogen-bond acceptors (Lipinski definition) is 5. The Bertz CT molecular complexity index is 522. The van der Waals surface area contributed by atoms with E-state index < -0.39 is 23.7 Å². The third kappa shape index (κ3) is 2.83. The second-order valence-corrected chi connectivity index (χ2v) is 5.22. The molecule has 0 aliphatic carbocycles. The van der Waals surface area contributed by atoms with E-state index in [1.807, 2.05) is 6.92 Å². The van der Waals surface area contributed by atoms with E-state index in [1.165, 1.54) is 12.3 Å². The summed E-state index contributed by atoms with van der Waals surface area (Å²) in [5, 5.41) is 9.52. The Hall–Kier alpha value is -1.47. The molecule has 0 amide bonds. The second kappa shape index (κ2) is 5.88. The summed E-state index contributed by atoms with van der Waals surface area (Å²) >= 11 is 0. The average Bonchev–Trinajstić information content (AvgIpc) is 2.74. The number of rotatable bonds is 5. The van der Waals surface area contributed by atoms with Gasteiger partial charge in [0.2, 0.25) is 0 Å². The molecule has 2 heterocycles. The summed E-state index contributed by atoms with van der Waals surface area (Å²) in [5.41, 5.74) is 3.84. The number of nitrogens with two attached hydrogens (primary N) is 1. The predicted molar refractivity (Wildman–Crippen MR) is 71.9 cm³/mol. The van der Waals surface area contributed by atoms with Crippen LogP contribution in [0.2, 0.25) is 0 Å². The number of aromatic nitrogens is 2. The van der Waals surface area contributed by atoms with E-state index in [9.17, 15) is 14.3 Å². The maximum Gasteiger partial charge on any atom is 0.351 e. The Balaban J connectivity index is 2.23. The molecule has 0 aromatic carbocycles. The van der Waals surface area contributed by atoms with E-state index in [1.54, 1.807) is 0 Å². The minimum absolute atomic E-state index is 0.0744. The molecule has 6 nitrogen and oxygen atoms in total. The van der Waals surface area contributed by atoms with Gasteiger partial charge in [-0.05, 0) is 12.5 Å². The molecule has 1 aliphatic rings. The standard InChI is InChI=1S/C13H20FN3O3/c1-2-3-5-13(8-18)7-9(14)11(20-13)17-6-4-10(15)16-12(17)19/h4,6,9,11,18H,2-3,5,7-8H2,1H3,(H2,15,16,19). The number of nitrogen functional groups attached to an aromatic ring is 1. The third-order valence-electron chi connectivity index (χ3n) is 3.65. The molecule has 20 heavy (non-hydrogen) atoms. The summed E-state index contributed by atoms with van der Waals surface area (Å²) in [7, 11) is 0. The Morgan fingerprint density at radius 3 is 3.05 bits per heavy atom. The molecule has 1 aromatic rings. The number of nitrogens with zero attached hydrogens (tertiary/aromatic N) is 2. The Kier molecular flexibility index (Phi) is 4.39. The van der Waals surface area contributed by atoms with Gasteiger partial charge in [0.15, 0.2) is 6.23 Å². The van der Waals surface area contributed by atoms with Crippen molar-refractivity contribution in [3.05, 3.63) is 22.7 Å². The van der Waals surface area contributed by atoms with Crippen LogP contribution in [0.15, 0.2) is 17.1 Å². The van der Waals surface area contributed by atoms with E-state index in [2.05, 4.69) is 4.98 Å². The van der Waals surface area contributed by atoms with Crippen molar-refractivity contribution in [1.29, 1.82) is 0 Å². The smallest absolute Gasteiger partial charge is 0.351 e. The number of alkyl halides is 1. The minimum Gasteiger partial charge on any atom is -0.393 e. The number of aliphatic hydroxyl groups is 1. The third-order valence-corrected chi connectivity index (χ3v) is 3.65. The van der Waals surface area contributed by atoms with Crippen molar-refractivity contribution in [3.63, 3.8) is 0 Å². The number of ether oxygens (including phenoxy) is 1. The van der Waals surface area contributed by atoms with E-state index in [4.69, 9.17) is 10.5 Å². The lowest BCUT2D eigenvalue weighted by molar-refractivity contribution is -0.110. The SMILES string of the molecule is CCCCC1(CO)CC(F)C(n2ccc(N)nc2=O)O1. The lowest BCUT2D eigenvalue weighted by atomic mass is 9.94. The molecule has 1 aromatic heterocycles. The van der Waals surface area contributed by atoms with Gasteiger partial charge in [-0.3, -0.25) is 4.57 Å². The van der Waals surface area contributed by atoms with Gasteiger partial charge in [-0.1, -0.05) is 19.8 Å².